The predicted octanol–water partition coefficient (Wildman–Crippen LogP) is 1.90. The van der Waals surface area contributed by atoms with E-state index in [-0.39, 0.29) is 5.56 Å². The highest BCUT2D eigenvalue weighted by atomic mass is 127. The Morgan fingerprint density at radius 1 is 1.30 bits per heavy atom. The Labute approximate surface area is 184 Å². The number of hydrogen-bond acceptors (Lipinski definition) is 5. The van der Waals surface area contributed by atoms with E-state index in [1.807, 2.05) is 28.7 Å². The summed E-state index contributed by atoms with van der Waals surface area (Å²) in [6.45, 7) is -0.954. The third-order valence-electron chi connectivity index (χ3n) is 4.53. The molecule has 0 spiro atoms. The van der Waals surface area contributed by atoms with Crippen molar-refractivity contribution in [1.82, 2.24) is 20.0 Å². The van der Waals surface area contributed by atoms with Gasteiger partial charge in [0.2, 0.25) is 5.91 Å². The number of carbonyl (C=O) groups excluding carboxylic acids is 2. The molecular formula is C19H15F2IN6O2. The van der Waals surface area contributed by atoms with Crippen molar-refractivity contribution >= 4 is 34.4 Å². The van der Waals surface area contributed by atoms with Crippen LogP contribution in [0.1, 0.15) is 27.9 Å². The molecule has 0 aliphatic carbocycles. The molecule has 11 heteroatoms. The van der Waals surface area contributed by atoms with Gasteiger partial charge in [-0.1, -0.05) is 12.1 Å². The van der Waals surface area contributed by atoms with Crippen molar-refractivity contribution in [1.29, 1.82) is 10.5 Å². The van der Waals surface area contributed by atoms with E-state index >= 15 is 0 Å². The van der Waals surface area contributed by atoms with Crippen LogP contribution in [0, 0.1) is 26.4 Å². The predicted molar refractivity (Wildman–Crippen MR) is 108 cm³/mol. The second kappa shape index (κ2) is 8.75. The maximum Gasteiger partial charge on any atom is 0.268 e. The molecule has 1 aromatic heterocycles. The van der Waals surface area contributed by atoms with Gasteiger partial charge in [0.15, 0.2) is 0 Å². The van der Waals surface area contributed by atoms with Crippen LogP contribution in [0.3, 0.4) is 0 Å². The topological polar surface area (TPSA) is 115 Å². The van der Waals surface area contributed by atoms with Gasteiger partial charge >= 0.3 is 0 Å². The highest BCUT2D eigenvalue weighted by Crippen LogP contribution is 2.31. The number of nitrogens with zero attached hydrogens (tertiary/aromatic N) is 5. The molecule has 2 aromatic rings. The van der Waals surface area contributed by atoms with Crippen LogP contribution < -0.4 is 5.32 Å². The van der Waals surface area contributed by atoms with Gasteiger partial charge in [0, 0.05) is 12.6 Å². The van der Waals surface area contributed by atoms with Crippen molar-refractivity contribution in [3.63, 3.8) is 0 Å². The summed E-state index contributed by atoms with van der Waals surface area (Å²) in [7, 11) is 0. The number of likely N-dealkylation sites (tertiary alicyclic amines) is 1. The van der Waals surface area contributed by atoms with E-state index in [1.165, 1.54) is 6.20 Å². The van der Waals surface area contributed by atoms with Gasteiger partial charge in [-0.2, -0.15) is 15.6 Å². The van der Waals surface area contributed by atoms with Crippen molar-refractivity contribution < 1.29 is 18.4 Å². The van der Waals surface area contributed by atoms with Gasteiger partial charge in [-0.05, 0) is 40.3 Å². The Bertz CT molecular complexity index is 1050. The first kappa shape index (κ1) is 21.6. The Kier molecular flexibility index (Phi) is 6.31. The summed E-state index contributed by atoms with van der Waals surface area (Å²) < 4.78 is 28.9. The Hall–Kier alpha value is -3.06. The lowest BCUT2D eigenvalue weighted by molar-refractivity contribution is -0.131. The number of nitriles is 2. The van der Waals surface area contributed by atoms with Crippen LogP contribution in [0.5, 0.6) is 0 Å². The molecule has 1 fully saturated rings. The fourth-order valence-electron chi connectivity index (χ4n) is 3.05. The summed E-state index contributed by atoms with van der Waals surface area (Å²) in [4.78, 5) is 25.4. The molecule has 1 aliphatic heterocycles. The van der Waals surface area contributed by atoms with Gasteiger partial charge in [0.05, 0.1) is 42.9 Å². The molecule has 1 saturated heterocycles. The fraction of sp³-hybridized carbons (Fsp3) is 0.316. The number of rotatable bonds is 5. The van der Waals surface area contributed by atoms with Gasteiger partial charge in [-0.15, -0.1) is 0 Å². The third kappa shape index (κ3) is 4.91. The van der Waals surface area contributed by atoms with E-state index < -0.39 is 43.3 Å². The first-order valence-corrected chi connectivity index (χ1v) is 9.87. The van der Waals surface area contributed by atoms with E-state index in [1.54, 1.807) is 35.0 Å². The lowest BCUT2D eigenvalue weighted by atomic mass is 10.1. The lowest BCUT2D eigenvalue weighted by Gasteiger charge is -2.19. The molecule has 1 aliphatic rings. The van der Waals surface area contributed by atoms with Gasteiger partial charge in [0.25, 0.3) is 11.8 Å². The smallest absolute Gasteiger partial charge is 0.268 e. The van der Waals surface area contributed by atoms with Crippen LogP contribution in [0.25, 0.3) is 0 Å². The number of amides is 2. The monoisotopic (exact) mass is 524 g/mol. The zero-order valence-electron chi connectivity index (χ0n) is 15.5. The summed E-state index contributed by atoms with van der Waals surface area (Å²) in [5.41, 5.74) is 1.65. The highest BCUT2D eigenvalue weighted by molar-refractivity contribution is 14.1. The maximum atomic E-state index is 13.5. The van der Waals surface area contributed by atoms with E-state index in [2.05, 4.69) is 10.4 Å². The number of carbonyl (C=O) groups is 2. The van der Waals surface area contributed by atoms with Crippen LogP contribution >= 0.6 is 22.6 Å². The molecule has 1 N–H and O–H groups in total. The number of nitrogens with one attached hydrogen (secondary N) is 1. The minimum absolute atomic E-state index is 0.237. The van der Waals surface area contributed by atoms with Crippen LogP contribution in [0.2, 0.25) is 0 Å². The first-order chi connectivity index (χ1) is 14.2. The van der Waals surface area contributed by atoms with Gasteiger partial charge in [0.1, 0.15) is 9.74 Å². The SMILES string of the molecule is N#Cc1ccc(Cn2cc(C(=O)NCC(=O)N3CC(F)(F)C[C@H]3C#N)c(I)n2)cc1. The summed E-state index contributed by atoms with van der Waals surface area (Å²) in [5, 5.41) is 24.5. The second-order valence-electron chi connectivity index (χ2n) is 6.75. The number of halogens is 3. The lowest BCUT2D eigenvalue weighted by Crippen LogP contribution is -2.43. The quantitative estimate of drug-likeness (QED) is 0.601. The van der Waals surface area contributed by atoms with Crippen LogP contribution in [-0.2, 0) is 11.3 Å². The summed E-state index contributed by atoms with van der Waals surface area (Å²) in [6.07, 6.45) is 0.811. The van der Waals surface area contributed by atoms with Crippen LogP contribution in [0.15, 0.2) is 30.5 Å². The van der Waals surface area contributed by atoms with Crippen molar-refractivity contribution in [2.75, 3.05) is 13.1 Å². The first-order valence-electron chi connectivity index (χ1n) is 8.79. The molecular weight excluding hydrogens is 509 g/mol. The molecule has 3 rings (SSSR count). The summed E-state index contributed by atoms with van der Waals surface area (Å²) in [6, 6.07) is 9.44. The molecule has 0 unspecified atom stereocenters. The Morgan fingerprint density at radius 3 is 2.63 bits per heavy atom. The minimum atomic E-state index is -3.11. The standard InChI is InChI=1S/C19H15F2IN6O2/c20-19(21)5-14(7-24)28(11-19)16(29)8-25-18(30)15-10-27(26-17(15)22)9-13-3-1-12(6-23)2-4-13/h1-4,10,14H,5,8-9,11H2,(H,25,30)/t14-/m0/s1. The van der Waals surface area contributed by atoms with Gasteiger partial charge < -0.3 is 10.2 Å². The Morgan fingerprint density at radius 2 is 2.00 bits per heavy atom. The fourth-order valence-corrected chi connectivity index (χ4v) is 3.71. The second-order valence-corrected chi connectivity index (χ2v) is 7.77. The molecule has 2 heterocycles. The molecule has 1 atom stereocenters. The van der Waals surface area contributed by atoms with E-state index in [9.17, 15) is 18.4 Å². The van der Waals surface area contributed by atoms with E-state index in [4.69, 9.17) is 10.5 Å². The van der Waals surface area contributed by atoms with E-state index in [0.717, 1.165) is 10.5 Å². The normalized spacial score (nSPS) is 17.2. The number of aromatic nitrogens is 2. The molecule has 0 radical (unpaired) electrons. The van der Waals surface area contributed by atoms with E-state index in [0.29, 0.717) is 15.8 Å². The van der Waals surface area contributed by atoms with Crippen molar-refractivity contribution in [3.8, 4) is 12.1 Å². The zero-order chi connectivity index (χ0) is 21.9. The molecule has 154 valence electrons. The summed E-state index contributed by atoms with van der Waals surface area (Å²) >= 11 is 1.89. The molecule has 30 heavy (non-hydrogen) atoms. The number of hydrogen-bond donors (Lipinski definition) is 1. The van der Waals surface area contributed by atoms with Crippen molar-refractivity contribution in [2.45, 2.75) is 24.9 Å². The van der Waals surface area contributed by atoms with Gasteiger partial charge in [-0.25, -0.2) is 8.78 Å². The van der Waals surface area contributed by atoms with Crippen LogP contribution in [0.4, 0.5) is 8.78 Å². The molecule has 0 bridgehead atoms. The summed E-state index contributed by atoms with van der Waals surface area (Å²) in [5.74, 6) is -4.42. The average molecular weight is 524 g/mol. The van der Waals surface area contributed by atoms with Crippen molar-refractivity contribution in [2.24, 2.45) is 0 Å². The average Bonchev–Trinajstić information content (AvgIpc) is 3.24. The van der Waals surface area contributed by atoms with Gasteiger partial charge in [-0.3, -0.25) is 14.3 Å². The largest absolute Gasteiger partial charge is 0.343 e. The molecule has 2 amide bonds. The molecule has 8 nitrogen and oxygen atoms in total. The number of benzene rings is 1. The highest BCUT2D eigenvalue weighted by Gasteiger charge is 2.47. The van der Waals surface area contributed by atoms with Crippen LogP contribution in [-0.4, -0.2) is 51.5 Å². The third-order valence-corrected chi connectivity index (χ3v) is 5.33. The number of alkyl halides is 2. The Balaban J connectivity index is 1.61. The van der Waals surface area contributed by atoms with Crippen molar-refractivity contribution in [3.05, 3.63) is 50.9 Å². The zero-order valence-corrected chi connectivity index (χ0v) is 17.6. The molecule has 0 saturated carbocycles. The molecule has 1 aromatic carbocycles. The maximum absolute atomic E-state index is 13.5. The minimum Gasteiger partial charge on any atom is -0.343 e.